The maximum absolute atomic E-state index is 3.58. The third-order valence-electron chi connectivity index (χ3n) is 3.20. The largest absolute Gasteiger partial charge is 0.316 e. The molecule has 0 spiro atoms. The summed E-state index contributed by atoms with van der Waals surface area (Å²) in [6, 6.07) is 4.51. The number of rotatable bonds is 5. The van der Waals surface area contributed by atoms with E-state index in [4.69, 9.17) is 0 Å². The smallest absolute Gasteiger partial charge is 0.0299 e. The summed E-state index contributed by atoms with van der Waals surface area (Å²) < 4.78 is 0. The SMILES string of the molecule is CCc1ccc(CNCC2CCCNC2)s1. The summed E-state index contributed by atoms with van der Waals surface area (Å²) >= 11 is 1.94. The van der Waals surface area contributed by atoms with E-state index in [9.17, 15) is 0 Å². The Hall–Kier alpha value is -0.380. The van der Waals surface area contributed by atoms with Crippen LogP contribution in [-0.2, 0) is 13.0 Å². The van der Waals surface area contributed by atoms with Crippen LogP contribution in [0.5, 0.6) is 0 Å². The van der Waals surface area contributed by atoms with Crippen LogP contribution in [0, 0.1) is 5.92 Å². The van der Waals surface area contributed by atoms with Gasteiger partial charge in [-0.3, -0.25) is 0 Å². The molecule has 16 heavy (non-hydrogen) atoms. The molecular weight excluding hydrogens is 216 g/mol. The van der Waals surface area contributed by atoms with Crippen molar-refractivity contribution in [2.45, 2.75) is 32.7 Å². The molecule has 1 atom stereocenters. The van der Waals surface area contributed by atoms with Crippen molar-refractivity contribution >= 4 is 11.3 Å². The van der Waals surface area contributed by atoms with Gasteiger partial charge in [0, 0.05) is 16.3 Å². The lowest BCUT2D eigenvalue weighted by molar-refractivity contribution is 0.360. The van der Waals surface area contributed by atoms with Crippen molar-refractivity contribution in [1.82, 2.24) is 10.6 Å². The zero-order chi connectivity index (χ0) is 11.2. The van der Waals surface area contributed by atoms with Gasteiger partial charge in [0.05, 0.1) is 0 Å². The second kappa shape index (κ2) is 6.38. The molecule has 2 heterocycles. The van der Waals surface area contributed by atoms with Gasteiger partial charge in [0.25, 0.3) is 0 Å². The topological polar surface area (TPSA) is 24.1 Å². The van der Waals surface area contributed by atoms with Crippen LogP contribution < -0.4 is 10.6 Å². The Morgan fingerprint density at radius 2 is 2.31 bits per heavy atom. The van der Waals surface area contributed by atoms with Gasteiger partial charge in [0.2, 0.25) is 0 Å². The molecule has 1 aliphatic rings. The van der Waals surface area contributed by atoms with Gasteiger partial charge in [0.1, 0.15) is 0 Å². The highest BCUT2D eigenvalue weighted by atomic mass is 32.1. The Bertz CT molecular complexity index is 303. The first-order valence-corrected chi connectivity index (χ1v) is 7.19. The summed E-state index contributed by atoms with van der Waals surface area (Å²) in [6.45, 7) is 6.82. The number of aryl methyl sites for hydroxylation is 1. The number of hydrogen-bond acceptors (Lipinski definition) is 3. The molecule has 0 saturated carbocycles. The van der Waals surface area contributed by atoms with Crippen molar-refractivity contribution in [2.75, 3.05) is 19.6 Å². The highest BCUT2D eigenvalue weighted by molar-refractivity contribution is 7.11. The quantitative estimate of drug-likeness (QED) is 0.823. The van der Waals surface area contributed by atoms with E-state index in [-0.39, 0.29) is 0 Å². The summed E-state index contributed by atoms with van der Waals surface area (Å²) in [7, 11) is 0. The third-order valence-corrected chi connectivity index (χ3v) is 4.43. The second-order valence-corrected chi connectivity index (χ2v) is 5.82. The van der Waals surface area contributed by atoms with E-state index in [1.54, 1.807) is 0 Å². The van der Waals surface area contributed by atoms with Crippen LogP contribution >= 0.6 is 11.3 Å². The monoisotopic (exact) mass is 238 g/mol. The maximum atomic E-state index is 3.58. The summed E-state index contributed by atoms with van der Waals surface area (Å²) in [4.78, 5) is 2.97. The Labute approximate surface area is 102 Å². The molecule has 1 unspecified atom stereocenters. The van der Waals surface area contributed by atoms with Crippen LogP contribution in [0.1, 0.15) is 29.5 Å². The van der Waals surface area contributed by atoms with Crippen molar-refractivity contribution < 1.29 is 0 Å². The van der Waals surface area contributed by atoms with Crippen LogP contribution in [0.3, 0.4) is 0 Å². The Balaban J connectivity index is 1.66. The number of piperidine rings is 1. The van der Waals surface area contributed by atoms with Gasteiger partial charge in [-0.1, -0.05) is 6.92 Å². The molecule has 3 heteroatoms. The van der Waals surface area contributed by atoms with Gasteiger partial charge >= 0.3 is 0 Å². The molecule has 1 saturated heterocycles. The van der Waals surface area contributed by atoms with Crippen molar-refractivity contribution in [1.29, 1.82) is 0 Å². The van der Waals surface area contributed by atoms with E-state index in [2.05, 4.69) is 29.7 Å². The van der Waals surface area contributed by atoms with Crippen LogP contribution in [0.4, 0.5) is 0 Å². The van der Waals surface area contributed by atoms with Crippen molar-refractivity contribution in [3.05, 3.63) is 21.9 Å². The first-order chi connectivity index (χ1) is 7.88. The van der Waals surface area contributed by atoms with Gasteiger partial charge in [-0.2, -0.15) is 0 Å². The fraction of sp³-hybridized carbons (Fsp3) is 0.692. The highest BCUT2D eigenvalue weighted by Crippen LogP contribution is 2.16. The molecule has 2 rings (SSSR count). The Morgan fingerprint density at radius 3 is 3.00 bits per heavy atom. The summed E-state index contributed by atoms with van der Waals surface area (Å²) in [5.74, 6) is 0.833. The Morgan fingerprint density at radius 1 is 1.44 bits per heavy atom. The molecule has 0 bridgehead atoms. The van der Waals surface area contributed by atoms with Gasteiger partial charge in [-0.15, -0.1) is 11.3 Å². The van der Waals surface area contributed by atoms with Crippen molar-refractivity contribution in [2.24, 2.45) is 5.92 Å². The summed E-state index contributed by atoms with van der Waals surface area (Å²) in [6.07, 6.45) is 3.88. The molecule has 2 nitrogen and oxygen atoms in total. The fourth-order valence-electron chi connectivity index (χ4n) is 2.21. The number of hydrogen-bond donors (Lipinski definition) is 2. The van der Waals surface area contributed by atoms with Crippen LogP contribution in [0.2, 0.25) is 0 Å². The Kier molecular flexibility index (Phi) is 4.82. The van der Waals surface area contributed by atoms with E-state index in [0.717, 1.165) is 25.4 Å². The highest BCUT2D eigenvalue weighted by Gasteiger charge is 2.11. The molecule has 0 aromatic carbocycles. The summed E-state index contributed by atoms with van der Waals surface area (Å²) in [5.41, 5.74) is 0. The van der Waals surface area contributed by atoms with E-state index in [1.165, 1.54) is 35.7 Å². The normalized spacial score (nSPS) is 21.2. The minimum Gasteiger partial charge on any atom is -0.316 e. The molecule has 1 aliphatic heterocycles. The zero-order valence-electron chi connectivity index (χ0n) is 10.1. The standard InChI is InChI=1S/C13H22N2S/c1-2-12-5-6-13(16-12)10-15-9-11-4-3-7-14-8-11/h5-6,11,14-15H,2-4,7-10H2,1H3. The minimum absolute atomic E-state index is 0.833. The van der Waals surface area contributed by atoms with Crippen LogP contribution in [0.15, 0.2) is 12.1 Å². The van der Waals surface area contributed by atoms with E-state index >= 15 is 0 Å². The van der Waals surface area contributed by atoms with Gasteiger partial charge < -0.3 is 10.6 Å². The van der Waals surface area contributed by atoms with Gasteiger partial charge in [-0.05, 0) is 56.9 Å². The van der Waals surface area contributed by atoms with Gasteiger partial charge in [-0.25, -0.2) is 0 Å². The first-order valence-electron chi connectivity index (χ1n) is 6.37. The maximum Gasteiger partial charge on any atom is 0.0299 e. The van der Waals surface area contributed by atoms with Crippen LogP contribution in [0.25, 0.3) is 0 Å². The molecule has 0 amide bonds. The molecule has 90 valence electrons. The van der Waals surface area contributed by atoms with E-state index in [1.807, 2.05) is 11.3 Å². The van der Waals surface area contributed by atoms with Crippen LogP contribution in [-0.4, -0.2) is 19.6 Å². The second-order valence-electron chi connectivity index (χ2n) is 4.56. The number of thiophene rings is 1. The van der Waals surface area contributed by atoms with Crippen molar-refractivity contribution in [3.8, 4) is 0 Å². The predicted octanol–water partition coefficient (Wildman–Crippen LogP) is 2.40. The average Bonchev–Trinajstić information content (AvgIpc) is 2.78. The minimum atomic E-state index is 0.833. The van der Waals surface area contributed by atoms with E-state index in [0.29, 0.717) is 0 Å². The fourth-order valence-corrected chi connectivity index (χ4v) is 3.13. The van der Waals surface area contributed by atoms with Gasteiger partial charge in [0.15, 0.2) is 0 Å². The molecule has 1 fully saturated rings. The average molecular weight is 238 g/mol. The van der Waals surface area contributed by atoms with Crippen molar-refractivity contribution in [3.63, 3.8) is 0 Å². The lowest BCUT2D eigenvalue weighted by Crippen LogP contribution is -2.35. The lowest BCUT2D eigenvalue weighted by atomic mass is 10.00. The van der Waals surface area contributed by atoms with E-state index < -0.39 is 0 Å². The lowest BCUT2D eigenvalue weighted by Gasteiger charge is -2.22. The molecule has 1 aromatic rings. The number of nitrogens with one attached hydrogen (secondary N) is 2. The predicted molar refractivity (Wildman–Crippen MR) is 71.0 cm³/mol. The molecule has 0 radical (unpaired) electrons. The third kappa shape index (κ3) is 3.58. The molecule has 1 aromatic heterocycles. The molecular formula is C13H22N2S. The summed E-state index contributed by atoms with van der Waals surface area (Å²) in [5, 5.41) is 7.04. The molecule has 0 aliphatic carbocycles. The molecule has 2 N–H and O–H groups in total. The zero-order valence-corrected chi connectivity index (χ0v) is 10.9. The first kappa shape index (κ1) is 12.1.